The molecule has 0 radical (unpaired) electrons. The van der Waals surface area contributed by atoms with Crippen molar-refractivity contribution >= 4 is 21.4 Å². The largest absolute Gasteiger partial charge is 0.378 e. The number of ether oxygens (including phenoxy) is 1. The third-order valence-electron chi connectivity index (χ3n) is 4.74. The summed E-state index contributed by atoms with van der Waals surface area (Å²) >= 11 is 1.59. The van der Waals surface area contributed by atoms with Crippen LogP contribution in [0.15, 0.2) is 6.20 Å². The first-order chi connectivity index (χ1) is 8.85. The summed E-state index contributed by atoms with van der Waals surface area (Å²) in [5, 5.41) is 8.96. The number of aromatic nitrogens is 3. The molecule has 5 nitrogen and oxygen atoms in total. The third-order valence-corrected chi connectivity index (χ3v) is 5.59. The number of methoxy groups -OCH3 is 1. The number of fused-ring (bicyclic) bond motifs is 1. The Morgan fingerprint density at radius 3 is 2.79 bits per heavy atom. The lowest BCUT2D eigenvalue weighted by Crippen LogP contribution is -2.65. The van der Waals surface area contributed by atoms with E-state index in [1.807, 2.05) is 17.6 Å². The molecule has 19 heavy (non-hydrogen) atoms. The van der Waals surface area contributed by atoms with Crippen LogP contribution in [0, 0.1) is 12.3 Å². The zero-order chi connectivity index (χ0) is 13.8. The zero-order valence-corrected chi connectivity index (χ0v) is 12.8. The van der Waals surface area contributed by atoms with E-state index in [-0.39, 0.29) is 11.0 Å². The van der Waals surface area contributed by atoms with E-state index in [0.717, 1.165) is 22.2 Å². The van der Waals surface area contributed by atoms with Crippen molar-refractivity contribution in [3.8, 4) is 0 Å². The molecule has 6 heteroatoms. The highest BCUT2D eigenvalue weighted by atomic mass is 32.1. The van der Waals surface area contributed by atoms with Gasteiger partial charge in [-0.15, -0.1) is 5.10 Å². The Morgan fingerprint density at radius 1 is 1.47 bits per heavy atom. The second kappa shape index (κ2) is 3.93. The van der Waals surface area contributed by atoms with Gasteiger partial charge in [-0.25, -0.2) is 9.50 Å². The fraction of sp³-hybridized carbons (Fsp3) is 0.692. The molecule has 2 aromatic heterocycles. The Kier molecular flexibility index (Phi) is 2.66. The van der Waals surface area contributed by atoms with E-state index in [9.17, 15) is 0 Å². The predicted molar refractivity (Wildman–Crippen MR) is 76.8 cm³/mol. The van der Waals surface area contributed by atoms with Gasteiger partial charge in [0.05, 0.1) is 17.5 Å². The van der Waals surface area contributed by atoms with Crippen molar-refractivity contribution < 1.29 is 4.74 Å². The molecular weight excluding hydrogens is 260 g/mol. The molecule has 2 atom stereocenters. The second-order valence-corrected chi connectivity index (χ2v) is 7.03. The summed E-state index contributed by atoms with van der Waals surface area (Å²) < 4.78 is 7.48. The second-order valence-electron chi connectivity index (χ2n) is 6.07. The molecule has 0 aliphatic heterocycles. The summed E-state index contributed by atoms with van der Waals surface area (Å²) in [6.45, 7) is 8.62. The summed E-state index contributed by atoms with van der Waals surface area (Å²) in [5.74, 6) is 0. The van der Waals surface area contributed by atoms with Gasteiger partial charge in [-0.3, -0.25) is 0 Å². The van der Waals surface area contributed by atoms with Gasteiger partial charge in [0, 0.05) is 18.6 Å². The van der Waals surface area contributed by atoms with Crippen molar-refractivity contribution in [2.75, 3.05) is 12.4 Å². The number of anilines is 1. The quantitative estimate of drug-likeness (QED) is 0.939. The lowest BCUT2D eigenvalue weighted by Gasteiger charge is -2.59. The van der Waals surface area contributed by atoms with E-state index in [2.05, 4.69) is 36.2 Å². The third kappa shape index (κ3) is 1.77. The van der Waals surface area contributed by atoms with Crippen molar-refractivity contribution in [3.63, 3.8) is 0 Å². The fourth-order valence-electron chi connectivity index (χ4n) is 2.74. The summed E-state index contributed by atoms with van der Waals surface area (Å²) in [4.78, 5) is 5.36. The summed E-state index contributed by atoms with van der Waals surface area (Å²) in [5.41, 5.74) is 1.03. The first-order valence-electron chi connectivity index (χ1n) is 6.50. The molecule has 0 saturated heterocycles. The maximum atomic E-state index is 5.64. The van der Waals surface area contributed by atoms with Gasteiger partial charge in [0.2, 0.25) is 10.1 Å². The van der Waals surface area contributed by atoms with E-state index in [0.29, 0.717) is 6.04 Å². The minimum atomic E-state index is -0.0569. The Hall–Kier alpha value is -1.14. The number of nitrogens with one attached hydrogen (secondary N) is 1. The van der Waals surface area contributed by atoms with Crippen LogP contribution in [0.4, 0.5) is 5.13 Å². The van der Waals surface area contributed by atoms with Crippen LogP contribution in [0.25, 0.3) is 4.96 Å². The van der Waals surface area contributed by atoms with Gasteiger partial charge in [0.1, 0.15) is 0 Å². The van der Waals surface area contributed by atoms with Gasteiger partial charge >= 0.3 is 0 Å². The van der Waals surface area contributed by atoms with Crippen LogP contribution in [0.1, 0.15) is 32.9 Å². The minimum Gasteiger partial charge on any atom is -0.378 e. The minimum absolute atomic E-state index is 0.0569. The highest BCUT2D eigenvalue weighted by Gasteiger charge is 2.57. The van der Waals surface area contributed by atoms with Crippen LogP contribution in [0.2, 0.25) is 0 Å². The Labute approximate surface area is 117 Å². The standard InChI is InChI=1S/C13H20N4OS/c1-8-7-17-11(14-8)19-10(16-17)15-9-6-13(4,18-5)12(9,2)3/h7,9H,6H2,1-5H3,(H,15,16). The van der Waals surface area contributed by atoms with Gasteiger partial charge in [-0.05, 0) is 20.3 Å². The van der Waals surface area contributed by atoms with Crippen LogP contribution in [-0.2, 0) is 4.74 Å². The highest BCUT2D eigenvalue weighted by Crippen LogP contribution is 2.52. The van der Waals surface area contributed by atoms with Crippen LogP contribution < -0.4 is 5.32 Å². The Balaban J connectivity index is 1.77. The van der Waals surface area contributed by atoms with Crippen molar-refractivity contribution in [3.05, 3.63) is 11.9 Å². The maximum Gasteiger partial charge on any atom is 0.214 e. The SMILES string of the molecule is COC1(C)CC(Nc2nn3cc(C)nc3s2)C1(C)C. The normalized spacial score (nSPS) is 29.4. The molecule has 1 N–H and O–H groups in total. The van der Waals surface area contributed by atoms with Crippen LogP contribution in [0.5, 0.6) is 0 Å². The molecule has 3 rings (SSSR count). The number of rotatable bonds is 3. The number of hydrogen-bond acceptors (Lipinski definition) is 5. The molecule has 0 spiro atoms. The topological polar surface area (TPSA) is 51.5 Å². The van der Waals surface area contributed by atoms with Crippen LogP contribution >= 0.6 is 11.3 Å². The molecule has 1 aliphatic rings. The van der Waals surface area contributed by atoms with Gasteiger partial charge in [-0.1, -0.05) is 25.2 Å². The fourth-order valence-corrected chi connectivity index (χ4v) is 3.62. The van der Waals surface area contributed by atoms with Crippen LogP contribution in [-0.4, -0.2) is 33.4 Å². The van der Waals surface area contributed by atoms with Gasteiger partial charge in [-0.2, -0.15) is 0 Å². The maximum absolute atomic E-state index is 5.64. The molecule has 0 amide bonds. The number of hydrogen-bond donors (Lipinski definition) is 1. The van der Waals surface area contributed by atoms with Gasteiger partial charge in [0.25, 0.3) is 0 Å². The average Bonchev–Trinajstić information content (AvgIpc) is 2.84. The van der Waals surface area contributed by atoms with E-state index >= 15 is 0 Å². The number of aryl methyl sites for hydroxylation is 1. The number of imidazole rings is 1. The zero-order valence-electron chi connectivity index (χ0n) is 12.0. The molecule has 2 unspecified atom stereocenters. The summed E-state index contributed by atoms with van der Waals surface area (Å²) in [6.07, 6.45) is 2.94. The summed E-state index contributed by atoms with van der Waals surface area (Å²) in [7, 11) is 1.79. The molecule has 104 valence electrons. The van der Waals surface area contributed by atoms with Gasteiger partial charge in [0.15, 0.2) is 0 Å². The van der Waals surface area contributed by atoms with E-state index in [1.54, 1.807) is 18.4 Å². The van der Waals surface area contributed by atoms with E-state index in [4.69, 9.17) is 4.74 Å². The average molecular weight is 280 g/mol. The smallest absolute Gasteiger partial charge is 0.214 e. The molecule has 1 aliphatic carbocycles. The van der Waals surface area contributed by atoms with Crippen molar-refractivity contribution in [1.29, 1.82) is 0 Å². The molecule has 2 heterocycles. The lowest BCUT2D eigenvalue weighted by atomic mass is 9.56. The first-order valence-corrected chi connectivity index (χ1v) is 7.32. The Bertz CT molecular complexity index is 586. The monoisotopic (exact) mass is 280 g/mol. The molecule has 0 aromatic carbocycles. The van der Waals surface area contributed by atoms with Crippen LogP contribution in [0.3, 0.4) is 0 Å². The van der Waals surface area contributed by atoms with Crippen molar-refractivity contribution in [1.82, 2.24) is 14.6 Å². The number of nitrogens with zero attached hydrogens (tertiary/aromatic N) is 3. The summed E-state index contributed by atoms with van der Waals surface area (Å²) in [6, 6.07) is 0.384. The lowest BCUT2D eigenvalue weighted by molar-refractivity contribution is -0.166. The van der Waals surface area contributed by atoms with E-state index in [1.165, 1.54) is 0 Å². The molecule has 1 fully saturated rings. The molecule has 2 aromatic rings. The Morgan fingerprint density at radius 2 is 2.21 bits per heavy atom. The first kappa shape index (κ1) is 12.9. The molecule has 0 bridgehead atoms. The van der Waals surface area contributed by atoms with Gasteiger partial charge < -0.3 is 10.1 Å². The van der Waals surface area contributed by atoms with Crippen molar-refractivity contribution in [2.24, 2.45) is 5.41 Å². The predicted octanol–water partition coefficient (Wildman–Crippen LogP) is 2.71. The highest BCUT2D eigenvalue weighted by molar-refractivity contribution is 7.20. The molecular formula is C13H20N4OS. The van der Waals surface area contributed by atoms with Crippen molar-refractivity contribution in [2.45, 2.75) is 45.8 Å². The molecule has 1 saturated carbocycles. The van der Waals surface area contributed by atoms with E-state index < -0.39 is 0 Å².